The summed E-state index contributed by atoms with van der Waals surface area (Å²) in [7, 11) is 0. The van der Waals surface area contributed by atoms with Gasteiger partial charge in [0, 0.05) is 39.3 Å². The fourth-order valence-corrected chi connectivity index (χ4v) is 2.47. The van der Waals surface area contributed by atoms with Crippen LogP contribution in [0.15, 0.2) is 33.5 Å². The van der Waals surface area contributed by atoms with E-state index in [-0.39, 0.29) is 44.9 Å². The van der Waals surface area contributed by atoms with Gasteiger partial charge in [-0.15, -0.1) is 28.4 Å². The number of rotatable bonds is 4. The molecule has 0 saturated carbocycles. The van der Waals surface area contributed by atoms with E-state index in [0.29, 0.717) is 11.0 Å². The van der Waals surface area contributed by atoms with Gasteiger partial charge in [0.05, 0.1) is 0 Å². The third-order valence-electron chi connectivity index (χ3n) is 3.15. The van der Waals surface area contributed by atoms with Crippen molar-refractivity contribution in [2.24, 2.45) is 0 Å². The minimum absolute atomic E-state index is 0. The van der Waals surface area contributed by atoms with Crippen LogP contribution in [0.2, 0.25) is 0 Å². The number of ether oxygens (including phenoxy) is 1. The number of hydrogen-bond donors (Lipinski definition) is 0. The fraction of sp³-hybridized carbons (Fsp3) is 0.235. The molecule has 2 rings (SSSR count). The first-order valence-corrected chi connectivity index (χ1v) is 7.36. The average Bonchev–Trinajstić information content (AvgIpc) is 2.48. The molecule has 0 unspecified atom stereocenters. The third kappa shape index (κ3) is 4.10. The van der Waals surface area contributed by atoms with Crippen LogP contribution in [0.25, 0.3) is 11.3 Å². The van der Waals surface area contributed by atoms with Gasteiger partial charge in [-0.2, -0.15) is 12.1 Å². The number of benzene rings is 1. The van der Waals surface area contributed by atoms with Crippen molar-refractivity contribution in [2.45, 2.75) is 20.4 Å². The standard InChI is InChI=1S/C17H15BrNO2.Y/c1-4-10-21-13-6-7-14(12(3)11-13)16-9-8-15(18)17(20)19(16)5-2;/h1,6-8,11H,5,10H2,2-3H3;/q-1;. The van der Waals surface area contributed by atoms with E-state index in [1.165, 1.54) is 0 Å². The van der Waals surface area contributed by atoms with E-state index >= 15 is 0 Å². The van der Waals surface area contributed by atoms with E-state index in [4.69, 9.17) is 11.2 Å². The molecule has 0 fully saturated rings. The molecule has 5 heteroatoms. The normalized spacial score (nSPS) is 9.73. The van der Waals surface area contributed by atoms with Gasteiger partial charge in [0.25, 0.3) is 0 Å². The smallest absolute Gasteiger partial charge is 0.208 e. The summed E-state index contributed by atoms with van der Waals surface area (Å²) in [5.41, 5.74) is 2.67. The van der Waals surface area contributed by atoms with Crippen LogP contribution in [-0.4, -0.2) is 11.2 Å². The predicted octanol–water partition coefficient (Wildman–Crippen LogP) is 3.42. The number of nitrogens with zero attached hydrogens (tertiary/aromatic N) is 1. The van der Waals surface area contributed by atoms with Gasteiger partial charge in [0.15, 0.2) is 0 Å². The summed E-state index contributed by atoms with van der Waals surface area (Å²) in [6.07, 6.45) is 5.18. The van der Waals surface area contributed by atoms with Gasteiger partial charge in [-0.25, -0.2) is 0 Å². The first kappa shape index (κ1) is 19.2. The van der Waals surface area contributed by atoms with Crippen LogP contribution in [0.3, 0.4) is 0 Å². The summed E-state index contributed by atoms with van der Waals surface area (Å²) in [4.78, 5) is 12.2. The molecule has 0 saturated heterocycles. The van der Waals surface area contributed by atoms with Crippen molar-refractivity contribution in [1.82, 2.24) is 4.57 Å². The number of terminal acetylenes is 1. The summed E-state index contributed by atoms with van der Waals surface area (Å²) in [5, 5.41) is 0. The Bertz CT molecular complexity index is 762. The minimum Gasteiger partial charge on any atom is -0.481 e. The van der Waals surface area contributed by atoms with E-state index in [1.54, 1.807) is 10.6 Å². The van der Waals surface area contributed by atoms with Crippen LogP contribution in [0.5, 0.6) is 5.75 Å². The zero-order chi connectivity index (χ0) is 15.4. The Kier molecular flexibility index (Phi) is 7.55. The van der Waals surface area contributed by atoms with Gasteiger partial charge in [0.2, 0.25) is 5.56 Å². The van der Waals surface area contributed by atoms with Crippen LogP contribution in [-0.2, 0) is 39.3 Å². The SMILES string of the molecule is C#CCOc1ccc(-c2[c-]cc(Br)c(=O)n2CC)c(C)c1.[Y]. The van der Waals surface area contributed by atoms with Crippen molar-refractivity contribution in [3.63, 3.8) is 0 Å². The number of aryl methyl sites for hydroxylation is 1. The molecule has 0 aliphatic rings. The van der Waals surface area contributed by atoms with E-state index in [2.05, 4.69) is 27.9 Å². The molecule has 1 heterocycles. The molecule has 1 radical (unpaired) electrons. The van der Waals surface area contributed by atoms with Crippen molar-refractivity contribution < 1.29 is 37.4 Å². The van der Waals surface area contributed by atoms with Gasteiger partial charge in [0.1, 0.15) is 12.4 Å². The maximum atomic E-state index is 12.2. The van der Waals surface area contributed by atoms with Gasteiger partial charge in [-0.3, -0.25) is 4.79 Å². The molecule has 0 aliphatic carbocycles. The van der Waals surface area contributed by atoms with Crippen molar-refractivity contribution in [2.75, 3.05) is 6.61 Å². The summed E-state index contributed by atoms with van der Waals surface area (Å²) in [6, 6.07) is 10.5. The quantitative estimate of drug-likeness (QED) is 0.546. The summed E-state index contributed by atoms with van der Waals surface area (Å²) >= 11 is 3.25. The fourth-order valence-electron chi connectivity index (χ4n) is 2.14. The summed E-state index contributed by atoms with van der Waals surface area (Å²) in [6.45, 7) is 4.73. The second-order valence-electron chi connectivity index (χ2n) is 4.50. The maximum Gasteiger partial charge on any atom is 0.208 e. The molecule has 1 aromatic heterocycles. The number of hydrogen-bond acceptors (Lipinski definition) is 2. The zero-order valence-electron chi connectivity index (χ0n) is 12.5. The molecular formula is C17H15BrNO2Y-. The van der Waals surface area contributed by atoms with Crippen molar-refractivity contribution in [1.29, 1.82) is 0 Å². The van der Waals surface area contributed by atoms with Crippen molar-refractivity contribution >= 4 is 15.9 Å². The van der Waals surface area contributed by atoms with Gasteiger partial charge >= 0.3 is 0 Å². The molecule has 3 nitrogen and oxygen atoms in total. The van der Waals surface area contributed by atoms with Crippen molar-refractivity contribution in [3.8, 4) is 29.4 Å². The molecule has 0 N–H and O–H groups in total. The Hall–Kier alpha value is -0.886. The average molecular weight is 434 g/mol. The molecule has 0 bridgehead atoms. The predicted molar refractivity (Wildman–Crippen MR) is 87.4 cm³/mol. The van der Waals surface area contributed by atoms with Gasteiger partial charge < -0.3 is 9.30 Å². The first-order valence-electron chi connectivity index (χ1n) is 6.56. The first-order chi connectivity index (χ1) is 10.1. The molecule has 0 aliphatic heterocycles. The molecular weight excluding hydrogens is 419 g/mol. The Labute approximate surface area is 164 Å². The summed E-state index contributed by atoms with van der Waals surface area (Å²) < 4.78 is 7.61. The number of pyridine rings is 1. The van der Waals surface area contributed by atoms with Crippen LogP contribution in [0.1, 0.15) is 12.5 Å². The number of aromatic nitrogens is 1. The molecule has 111 valence electrons. The Morgan fingerprint density at radius 3 is 2.77 bits per heavy atom. The maximum absolute atomic E-state index is 12.2. The van der Waals surface area contributed by atoms with E-state index < -0.39 is 0 Å². The second-order valence-corrected chi connectivity index (χ2v) is 5.36. The number of halogens is 1. The minimum atomic E-state index is -0.0571. The molecule has 2 aromatic rings. The monoisotopic (exact) mass is 433 g/mol. The second kappa shape index (κ2) is 8.67. The van der Waals surface area contributed by atoms with E-state index in [1.807, 2.05) is 32.0 Å². The van der Waals surface area contributed by atoms with Gasteiger partial charge in [-0.1, -0.05) is 29.7 Å². The molecule has 0 spiro atoms. The molecule has 22 heavy (non-hydrogen) atoms. The molecule has 0 amide bonds. The van der Waals surface area contributed by atoms with Gasteiger partial charge in [-0.05, 0) is 23.5 Å². The largest absolute Gasteiger partial charge is 0.481 e. The van der Waals surface area contributed by atoms with Crippen LogP contribution in [0, 0.1) is 25.3 Å². The Morgan fingerprint density at radius 1 is 1.45 bits per heavy atom. The Morgan fingerprint density at radius 2 is 2.18 bits per heavy atom. The zero-order valence-corrected chi connectivity index (χ0v) is 16.9. The van der Waals surface area contributed by atoms with Crippen LogP contribution >= 0.6 is 15.9 Å². The molecule has 0 atom stereocenters. The van der Waals surface area contributed by atoms with Crippen LogP contribution in [0.4, 0.5) is 0 Å². The summed E-state index contributed by atoms with van der Waals surface area (Å²) in [5.74, 6) is 3.15. The van der Waals surface area contributed by atoms with E-state index in [0.717, 1.165) is 22.6 Å². The third-order valence-corrected chi connectivity index (χ3v) is 3.71. The van der Waals surface area contributed by atoms with Crippen LogP contribution < -0.4 is 10.3 Å². The van der Waals surface area contributed by atoms with Crippen molar-refractivity contribution in [3.05, 3.63) is 50.7 Å². The Balaban J connectivity index is 0.00000242. The van der Waals surface area contributed by atoms with E-state index in [9.17, 15) is 4.79 Å². The topological polar surface area (TPSA) is 31.2 Å². The molecule has 1 aromatic carbocycles.